The number of carbonyl (C=O) groups is 1. The Bertz CT molecular complexity index is 410. The van der Waals surface area contributed by atoms with Crippen LogP contribution in [0.4, 0.5) is 11.4 Å². The SMILES string of the molecule is CC1(Nc2ccc(N)cc2C(N)=O)CC1. The van der Waals surface area contributed by atoms with Crippen molar-refractivity contribution >= 4 is 17.3 Å². The zero-order chi connectivity index (χ0) is 11.1. The number of hydrogen-bond acceptors (Lipinski definition) is 3. The van der Waals surface area contributed by atoms with E-state index in [4.69, 9.17) is 11.5 Å². The van der Waals surface area contributed by atoms with Gasteiger partial charge >= 0.3 is 0 Å². The normalized spacial score (nSPS) is 17.1. The van der Waals surface area contributed by atoms with Crippen molar-refractivity contribution in [1.29, 1.82) is 0 Å². The fourth-order valence-corrected chi connectivity index (χ4v) is 1.51. The minimum Gasteiger partial charge on any atom is -0.399 e. The zero-order valence-electron chi connectivity index (χ0n) is 8.71. The third-order valence-electron chi connectivity index (χ3n) is 2.75. The van der Waals surface area contributed by atoms with Gasteiger partial charge in [-0.25, -0.2) is 0 Å². The van der Waals surface area contributed by atoms with Crippen molar-refractivity contribution in [3.63, 3.8) is 0 Å². The third kappa shape index (κ3) is 2.03. The molecule has 0 saturated heterocycles. The van der Waals surface area contributed by atoms with E-state index in [0.29, 0.717) is 11.3 Å². The van der Waals surface area contributed by atoms with E-state index in [2.05, 4.69) is 12.2 Å². The summed E-state index contributed by atoms with van der Waals surface area (Å²) in [4.78, 5) is 11.2. The number of hydrogen-bond donors (Lipinski definition) is 3. The average molecular weight is 205 g/mol. The van der Waals surface area contributed by atoms with Crippen LogP contribution in [-0.2, 0) is 0 Å². The molecular formula is C11H15N3O. The molecule has 0 aliphatic heterocycles. The number of anilines is 2. The maximum atomic E-state index is 11.2. The van der Waals surface area contributed by atoms with E-state index in [1.807, 2.05) is 0 Å². The summed E-state index contributed by atoms with van der Waals surface area (Å²) in [6.45, 7) is 2.12. The number of primary amides is 1. The standard InChI is InChI=1S/C11H15N3O/c1-11(4-5-11)14-9-3-2-7(12)6-8(9)10(13)15/h2-3,6,14H,4-5,12H2,1H3,(H2,13,15). The van der Waals surface area contributed by atoms with E-state index in [0.717, 1.165) is 18.5 Å². The summed E-state index contributed by atoms with van der Waals surface area (Å²) in [5, 5.41) is 3.31. The molecular weight excluding hydrogens is 190 g/mol. The average Bonchev–Trinajstić information content (AvgIpc) is 2.87. The molecule has 0 bridgehead atoms. The summed E-state index contributed by atoms with van der Waals surface area (Å²) in [5.74, 6) is -0.450. The van der Waals surface area contributed by atoms with E-state index in [1.165, 1.54) is 0 Å². The fourth-order valence-electron chi connectivity index (χ4n) is 1.51. The summed E-state index contributed by atoms with van der Waals surface area (Å²) in [6.07, 6.45) is 2.24. The molecule has 5 N–H and O–H groups in total. The highest BCUT2D eigenvalue weighted by molar-refractivity contribution is 5.99. The Hall–Kier alpha value is -1.71. The smallest absolute Gasteiger partial charge is 0.250 e. The van der Waals surface area contributed by atoms with Crippen LogP contribution in [0.3, 0.4) is 0 Å². The molecule has 80 valence electrons. The molecule has 0 aromatic heterocycles. The Balaban J connectivity index is 2.32. The molecule has 0 unspecified atom stereocenters. The minimum absolute atomic E-state index is 0.125. The lowest BCUT2D eigenvalue weighted by molar-refractivity contribution is 0.100. The third-order valence-corrected chi connectivity index (χ3v) is 2.75. The number of nitrogen functional groups attached to an aromatic ring is 1. The minimum atomic E-state index is -0.450. The van der Waals surface area contributed by atoms with Crippen LogP contribution in [0.5, 0.6) is 0 Å². The monoisotopic (exact) mass is 205 g/mol. The maximum absolute atomic E-state index is 11.2. The molecule has 0 atom stereocenters. The number of nitrogens with one attached hydrogen (secondary N) is 1. The summed E-state index contributed by atoms with van der Waals surface area (Å²) in [7, 11) is 0. The highest BCUT2D eigenvalue weighted by Gasteiger charge is 2.37. The lowest BCUT2D eigenvalue weighted by Crippen LogP contribution is -2.21. The van der Waals surface area contributed by atoms with Crippen LogP contribution in [0, 0.1) is 0 Å². The van der Waals surface area contributed by atoms with Gasteiger partial charge in [0.1, 0.15) is 0 Å². The second-order valence-corrected chi connectivity index (χ2v) is 4.35. The van der Waals surface area contributed by atoms with Crippen LogP contribution in [0.15, 0.2) is 18.2 Å². The molecule has 2 rings (SSSR count). The van der Waals surface area contributed by atoms with Gasteiger partial charge in [-0.2, -0.15) is 0 Å². The molecule has 4 heteroatoms. The van der Waals surface area contributed by atoms with Crippen LogP contribution in [0.2, 0.25) is 0 Å². The first-order valence-electron chi connectivity index (χ1n) is 4.98. The zero-order valence-corrected chi connectivity index (χ0v) is 8.71. The van der Waals surface area contributed by atoms with E-state index in [-0.39, 0.29) is 5.54 Å². The molecule has 1 aliphatic carbocycles. The molecule has 0 heterocycles. The van der Waals surface area contributed by atoms with Gasteiger partial charge in [0.15, 0.2) is 0 Å². The molecule has 1 aromatic rings. The number of amides is 1. The summed E-state index contributed by atoms with van der Waals surface area (Å²) in [5.41, 5.74) is 12.8. The summed E-state index contributed by atoms with van der Waals surface area (Å²) in [6, 6.07) is 5.18. The molecule has 1 aliphatic rings. The van der Waals surface area contributed by atoms with Gasteiger partial charge in [0, 0.05) is 16.9 Å². The van der Waals surface area contributed by atoms with Crippen molar-refractivity contribution in [3.8, 4) is 0 Å². The van der Waals surface area contributed by atoms with Gasteiger partial charge in [-0.1, -0.05) is 0 Å². The Labute approximate surface area is 88.6 Å². The van der Waals surface area contributed by atoms with Crippen molar-refractivity contribution in [2.45, 2.75) is 25.3 Å². The first-order valence-corrected chi connectivity index (χ1v) is 4.98. The van der Waals surface area contributed by atoms with Crippen molar-refractivity contribution in [3.05, 3.63) is 23.8 Å². The van der Waals surface area contributed by atoms with Crippen molar-refractivity contribution < 1.29 is 4.79 Å². The van der Waals surface area contributed by atoms with E-state index < -0.39 is 5.91 Å². The van der Waals surface area contributed by atoms with Gasteiger partial charge in [-0.05, 0) is 38.0 Å². The first kappa shape index (κ1) is 9.83. The molecule has 0 radical (unpaired) electrons. The van der Waals surface area contributed by atoms with Crippen molar-refractivity contribution in [1.82, 2.24) is 0 Å². The molecule has 1 saturated carbocycles. The Morgan fingerprint density at radius 3 is 2.67 bits per heavy atom. The second-order valence-electron chi connectivity index (χ2n) is 4.35. The van der Waals surface area contributed by atoms with Gasteiger partial charge in [0.05, 0.1) is 5.56 Å². The number of benzene rings is 1. The van der Waals surface area contributed by atoms with Gasteiger partial charge in [0.25, 0.3) is 5.91 Å². The molecule has 4 nitrogen and oxygen atoms in total. The largest absolute Gasteiger partial charge is 0.399 e. The van der Waals surface area contributed by atoms with Crippen LogP contribution < -0.4 is 16.8 Å². The molecule has 15 heavy (non-hydrogen) atoms. The quantitative estimate of drug-likeness (QED) is 0.651. The van der Waals surface area contributed by atoms with Gasteiger partial charge in [-0.15, -0.1) is 0 Å². The second kappa shape index (κ2) is 3.15. The maximum Gasteiger partial charge on any atom is 0.250 e. The predicted octanol–water partition coefficient (Wildman–Crippen LogP) is 1.33. The Morgan fingerprint density at radius 1 is 1.47 bits per heavy atom. The number of rotatable bonds is 3. The van der Waals surface area contributed by atoms with E-state index in [1.54, 1.807) is 18.2 Å². The lowest BCUT2D eigenvalue weighted by atomic mass is 10.1. The van der Waals surface area contributed by atoms with Crippen molar-refractivity contribution in [2.24, 2.45) is 5.73 Å². The topological polar surface area (TPSA) is 81.1 Å². The van der Waals surface area contributed by atoms with Gasteiger partial charge in [0.2, 0.25) is 0 Å². The van der Waals surface area contributed by atoms with Gasteiger partial charge in [-0.3, -0.25) is 4.79 Å². The fraction of sp³-hybridized carbons (Fsp3) is 0.364. The van der Waals surface area contributed by atoms with E-state index >= 15 is 0 Å². The Morgan fingerprint density at radius 2 is 2.13 bits per heavy atom. The highest BCUT2D eigenvalue weighted by Crippen LogP contribution is 2.39. The summed E-state index contributed by atoms with van der Waals surface area (Å²) < 4.78 is 0. The van der Waals surface area contributed by atoms with Crippen LogP contribution in [-0.4, -0.2) is 11.4 Å². The van der Waals surface area contributed by atoms with Gasteiger partial charge < -0.3 is 16.8 Å². The molecule has 1 fully saturated rings. The number of nitrogens with two attached hydrogens (primary N) is 2. The number of carbonyl (C=O) groups excluding carboxylic acids is 1. The molecule has 1 amide bonds. The predicted molar refractivity (Wildman–Crippen MR) is 60.6 cm³/mol. The van der Waals surface area contributed by atoms with Crippen LogP contribution >= 0.6 is 0 Å². The van der Waals surface area contributed by atoms with Crippen molar-refractivity contribution in [2.75, 3.05) is 11.1 Å². The summed E-state index contributed by atoms with van der Waals surface area (Å²) >= 11 is 0. The highest BCUT2D eigenvalue weighted by atomic mass is 16.1. The van der Waals surface area contributed by atoms with E-state index in [9.17, 15) is 4.79 Å². The molecule has 0 spiro atoms. The molecule has 1 aromatic carbocycles. The van der Waals surface area contributed by atoms with Crippen LogP contribution in [0.1, 0.15) is 30.1 Å². The lowest BCUT2D eigenvalue weighted by Gasteiger charge is -2.15. The Kier molecular flexibility index (Phi) is 2.07. The first-order chi connectivity index (χ1) is 7.00. The van der Waals surface area contributed by atoms with Crippen LogP contribution in [0.25, 0.3) is 0 Å².